The number of carbonyl (C=O) groups excluding carboxylic acids is 2. The highest BCUT2D eigenvalue weighted by Gasteiger charge is 2.25. The number of thiophene rings is 1. The van der Waals surface area contributed by atoms with Crippen molar-refractivity contribution < 1.29 is 14.3 Å². The zero-order chi connectivity index (χ0) is 24.9. The molecule has 35 heavy (non-hydrogen) atoms. The number of nitrogens with zero attached hydrogens (tertiary/aromatic N) is 4. The molecule has 8 nitrogen and oxygen atoms in total. The topological polar surface area (TPSA) is 99.0 Å². The Morgan fingerprint density at radius 1 is 1.17 bits per heavy atom. The van der Waals surface area contributed by atoms with Crippen LogP contribution >= 0.6 is 23.1 Å². The summed E-state index contributed by atoms with van der Waals surface area (Å²) in [5.74, 6) is -0.443. The van der Waals surface area contributed by atoms with E-state index >= 15 is 0 Å². The average molecular weight is 510 g/mol. The molecular formula is C25H27N5O3S2. The molecule has 182 valence electrons. The highest BCUT2D eigenvalue weighted by atomic mass is 32.2. The number of aromatic nitrogens is 4. The SMILES string of the molecule is CCOC(=O)c1cnn(C)c1NC(=O)C(CC)Sc1ncnc2scc(-c3ccc(CC)cc3)c12. The molecule has 4 rings (SSSR count). The number of thioether (sulfide) groups is 1. The Hall–Kier alpha value is -3.24. The Labute approximate surface area is 212 Å². The van der Waals surface area contributed by atoms with Gasteiger partial charge < -0.3 is 10.1 Å². The number of nitrogens with one attached hydrogen (secondary N) is 1. The molecule has 1 atom stereocenters. The first kappa shape index (κ1) is 24.9. The molecule has 10 heteroatoms. The zero-order valence-electron chi connectivity index (χ0n) is 20.1. The van der Waals surface area contributed by atoms with Gasteiger partial charge in [-0.3, -0.25) is 9.48 Å². The Morgan fingerprint density at radius 3 is 2.63 bits per heavy atom. The first-order chi connectivity index (χ1) is 17.0. The van der Waals surface area contributed by atoms with Gasteiger partial charge in [0.25, 0.3) is 0 Å². The number of hydrogen-bond donors (Lipinski definition) is 1. The van der Waals surface area contributed by atoms with Crippen LogP contribution in [-0.4, -0.2) is 43.5 Å². The summed E-state index contributed by atoms with van der Waals surface area (Å²) >= 11 is 2.96. The lowest BCUT2D eigenvalue weighted by Gasteiger charge is -2.16. The number of aryl methyl sites for hydroxylation is 2. The van der Waals surface area contributed by atoms with Crippen LogP contribution in [0.3, 0.4) is 0 Å². The second-order valence-corrected chi connectivity index (χ2v) is 9.86. The van der Waals surface area contributed by atoms with Gasteiger partial charge in [-0.15, -0.1) is 11.3 Å². The van der Waals surface area contributed by atoms with Gasteiger partial charge in [-0.25, -0.2) is 14.8 Å². The summed E-state index contributed by atoms with van der Waals surface area (Å²) in [6.07, 6.45) is 4.49. The molecule has 1 N–H and O–H groups in total. The summed E-state index contributed by atoms with van der Waals surface area (Å²) in [4.78, 5) is 35.4. The fourth-order valence-corrected chi connectivity index (χ4v) is 5.68. The zero-order valence-corrected chi connectivity index (χ0v) is 21.7. The molecule has 0 fully saturated rings. The lowest BCUT2D eigenvalue weighted by Crippen LogP contribution is -2.27. The molecule has 0 bridgehead atoms. The lowest BCUT2D eigenvalue weighted by atomic mass is 10.0. The Balaban J connectivity index is 1.62. The maximum Gasteiger partial charge on any atom is 0.343 e. The van der Waals surface area contributed by atoms with Crippen molar-refractivity contribution >= 4 is 51.0 Å². The van der Waals surface area contributed by atoms with E-state index in [1.807, 2.05) is 6.92 Å². The number of ether oxygens (including phenoxy) is 1. The van der Waals surface area contributed by atoms with E-state index in [0.717, 1.165) is 32.8 Å². The predicted octanol–water partition coefficient (Wildman–Crippen LogP) is 5.34. The van der Waals surface area contributed by atoms with Crippen molar-refractivity contribution in [3.05, 3.63) is 53.3 Å². The molecule has 0 spiro atoms. The Bertz CT molecular complexity index is 1350. The standard InChI is InChI=1S/C25H27N5O3S2/c1-5-15-8-10-16(11-9-15)18-13-34-23-20(18)24(27-14-26-23)35-19(6-2)22(31)29-21-17(12-28-30(21)4)25(32)33-7-3/h8-14,19H,5-7H2,1-4H3,(H,29,31). The summed E-state index contributed by atoms with van der Waals surface area (Å²) < 4.78 is 6.55. The number of esters is 1. The largest absolute Gasteiger partial charge is 0.462 e. The number of rotatable bonds is 9. The van der Waals surface area contributed by atoms with E-state index in [9.17, 15) is 9.59 Å². The number of amides is 1. The minimum atomic E-state index is -0.522. The second kappa shape index (κ2) is 11.0. The van der Waals surface area contributed by atoms with E-state index in [0.29, 0.717) is 12.2 Å². The predicted molar refractivity (Wildman–Crippen MR) is 140 cm³/mol. The molecule has 3 aromatic heterocycles. The first-order valence-electron chi connectivity index (χ1n) is 11.4. The highest BCUT2D eigenvalue weighted by Crippen LogP contribution is 2.39. The Kier molecular flexibility index (Phi) is 7.82. The molecule has 1 unspecified atom stereocenters. The average Bonchev–Trinajstić information content (AvgIpc) is 3.47. The van der Waals surface area contributed by atoms with Crippen molar-refractivity contribution in [2.24, 2.45) is 7.05 Å². The van der Waals surface area contributed by atoms with Crippen LogP contribution in [0, 0.1) is 0 Å². The van der Waals surface area contributed by atoms with Gasteiger partial charge in [-0.2, -0.15) is 5.10 Å². The summed E-state index contributed by atoms with van der Waals surface area (Å²) in [5, 5.41) is 10.3. The van der Waals surface area contributed by atoms with E-state index < -0.39 is 11.2 Å². The van der Waals surface area contributed by atoms with Crippen LogP contribution in [0.25, 0.3) is 21.3 Å². The van der Waals surface area contributed by atoms with E-state index in [1.165, 1.54) is 34.5 Å². The molecule has 0 radical (unpaired) electrons. The van der Waals surface area contributed by atoms with Gasteiger partial charge in [0, 0.05) is 18.0 Å². The molecule has 0 aliphatic heterocycles. The summed E-state index contributed by atoms with van der Waals surface area (Å²) in [5.41, 5.74) is 3.65. The van der Waals surface area contributed by atoms with Gasteiger partial charge in [0.05, 0.1) is 23.4 Å². The van der Waals surface area contributed by atoms with Crippen LogP contribution in [0.5, 0.6) is 0 Å². The Morgan fingerprint density at radius 2 is 1.94 bits per heavy atom. The van der Waals surface area contributed by atoms with Crippen LogP contribution in [0.1, 0.15) is 43.1 Å². The van der Waals surface area contributed by atoms with Crippen LogP contribution in [0.15, 0.2) is 47.2 Å². The van der Waals surface area contributed by atoms with Crippen molar-refractivity contribution in [3.8, 4) is 11.1 Å². The number of carbonyl (C=O) groups is 2. The minimum Gasteiger partial charge on any atom is -0.462 e. The maximum atomic E-state index is 13.3. The van der Waals surface area contributed by atoms with Gasteiger partial charge in [-0.1, -0.05) is 49.9 Å². The molecule has 0 saturated carbocycles. The van der Waals surface area contributed by atoms with Gasteiger partial charge >= 0.3 is 5.97 Å². The van der Waals surface area contributed by atoms with Crippen molar-refractivity contribution in [1.29, 1.82) is 0 Å². The molecule has 0 aliphatic carbocycles. The van der Waals surface area contributed by atoms with E-state index in [1.54, 1.807) is 25.3 Å². The van der Waals surface area contributed by atoms with E-state index in [4.69, 9.17) is 4.74 Å². The van der Waals surface area contributed by atoms with Crippen molar-refractivity contribution in [2.45, 2.75) is 43.9 Å². The second-order valence-electron chi connectivity index (χ2n) is 7.81. The quantitative estimate of drug-likeness (QED) is 0.185. The first-order valence-corrected chi connectivity index (χ1v) is 13.2. The van der Waals surface area contributed by atoms with Gasteiger partial charge in [0.1, 0.15) is 27.6 Å². The lowest BCUT2D eigenvalue weighted by molar-refractivity contribution is -0.115. The number of anilines is 1. The third-order valence-corrected chi connectivity index (χ3v) is 7.85. The van der Waals surface area contributed by atoms with Crippen LogP contribution in [0.2, 0.25) is 0 Å². The molecule has 0 aliphatic rings. The summed E-state index contributed by atoms with van der Waals surface area (Å²) in [7, 11) is 1.67. The third kappa shape index (κ3) is 5.23. The molecule has 0 saturated heterocycles. The molecule has 1 aromatic carbocycles. The molecular weight excluding hydrogens is 482 g/mol. The third-order valence-electron chi connectivity index (χ3n) is 5.60. The van der Waals surface area contributed by atoms with Crippen molar-refractivity contribution in [3.63, 3.8) is 0 Å². The van der Waals surface area contributed by atoms with Crippen LogP contribution < -0.4 is 5.32 Å². The van der Waals surface area contributed by atoms with Crippen LogP contribution in [0.4, 0.5) is 5.82 Å². The molecule has 1 amide bonds. The number of fused-ring (bicyclic) bond motifs is 1. The van der Waals surface area contributed by atoms with Gasteiger partial charge in [0.15, 0.2) is 0 Å². The van der Waals surface area contributed by atoms with Crippen molar-refractivity contribution in [2.75, 3.05) is 11.9 Å². The van der Waals surface area contributed by atoms with E-state index in [-0.39, 0.29) is 18.1 Å². The normalized spacial score (nSPS) is 12.0. The van der Waals surface area contributed by atoms with Crippen LogP contribution in [-0.2, 0) is 23.0 Å². The molecule has 4 aromatic rings. The van der Waals surface area contributed by atoms with Gasteiger partial charge in [-0.05, 0) is 30.9 Å². The monoisotopic (exact) mass is 509 g/mol. The highest BCUT2D eigenvalue weighted by molar-refractivity contribution is 8.00. The van der Waals surface area contributed by atoms with E-state index in [2.05, 4.69) is 57.0 Å². The maximum absolute atomic E-state index is 13.3. The smallest absolute Gasteiger partial charge is 0.343 e. The fourth-order valence-electron chi connectivity index (χ4n) is 3.67. The minimum absolute atomic E-state index is 0.225. The number of hydrogen-bond acceptors (Lipinski definition) is 8. The molecule has 3 heterocycles. The summed E-state index contributed by atoms with van der Waals surface area (Å²) in [6, 6.07) is 8.50. The summed E-state index contributed by atoms with van der Waals surface area (Å²) in [6.45, 7) is 6.05. The fraction of sp³-hybridized carbons (Fsp3) is 0.320. The van der Waals surface area contributed by atoms with Crippen molar-refractivity contribution in [1.82, 2.24) is 19.7 Å². The number of benzene rings is 1. The van der Waals surface area contributed by atoms with Gasteiger partial charge in [0.2, 0.25) is 5.91 Å².